The molecule has 0 N–H and O–H groups in total. The average Bonchev–Trinajstić information content (AvgIpc) is 2.49. The Bertz CT molecular complexity index is 395. The third kappa shape index (κ3) is 5.09. The highest BCUT2D eigenvalue weighted by molar-refractivity contribution is 5.95. The van der Waals surface area contributed by atoms with Crippen LogP contribution < -0.4 is 0 Å². The van der Waals surface area contributed by atoms with Gasteiger partial charge in [-0.05, 0) is 38.8 Å². The normalized spacial score (nSPS) is 16.5. The van der Waals surface area contributed by atoms with Crippen molar-refractivity contribution in [2.45, 2.75) is 44.9 Å². The zero-order chi connectivity index (χ0) is 14.2. The fraction of sp³-hybridized carbons (Fsp3) is 0.611. The Labute approximate surface area is 123 Å². The number of rotatable bonds is 7. The molecule has 1 aliphatic carbocycles. The first-order valence-corrected chi connectivity index (χ1v) is 8.02. The maximum Gasteiger partial charge on any atom is 0.162 e. The van der Waals surface area contributed by atoms with Gasteiger partial charge in [0.15, 0.2) is 5.78 Å². The summed E-state index contributed by atoms with van der Waals surface area (Å²) in [4.78, 5) is 14.4. The van der Waals surface area contributed by atoms with Crippen molar-refractivity contribution in [3.8, 4) is 0 Å². The molecule has 0 unspecified atom stereocenters. The van der Waals surface area contributed by atoms with E-state index in [9.17, 15) is 4.79 Å². The Balaban J connectivity index is 1.63. The number of carbonyl (C=O) groups excluding carboxylic acids is 1. The van der Waals surface area contributed by atoms with E-state index in [1.807, 2.05) is 30.3 Å². The maximum absolute atomic E-state index is 12.0. The van der Waals surface area contributed by atoms with E-state index in [-0.39, 0.29) is 5.78 Å². The summed E-state index contributed by atoms with van der Waals surface area (Å²) >= 11 is 0. The van der Waals surface area contributed by atoms with Crippen LogP contribution in [0.15, 0.2) is 30.3 Å². The van der Waals surface area contributed by atoms with E-state index >= 15 is 0 Å². The van der Waals surface area contributed by atoms with Gasteiger partial charge in [0, 0.05) is 18.5 Å². The quantitative estimate of drug-likeness (QED) is 0.695. The topological polar surface area (TPSA) is 20.3 Å². The van der Waals surface area contributed by atoms with Crippen LogP contribution in [-0.2, 0) is 0 Å². The van der Waals surface area contributed by atoms with Gasteiger partial charge in [-0.3, -0.25) is 4.79 Å². The highest BCUT2D eigenvalue weighted by Gasteiger charge is 2.15. The molecule has 0 heterocycles. The molecule has 1 aromatic carbocycles. The highest BCUT2D eigenvalue weighted by atomic mass is 16.1. The van der Waals surface area contributed by atoms with E-state index in [1.165, 1.54) is 38.6 Å². The van der Waals surface area contributed by atoms with Crippen LogP contribution in [0, 0.1) is 5.92 Å². The molecule has 0 spiro atoms. The Morgan fingerprint density at radius 3 is 2.55 bits per heavy atom. The van der Waals surface area contributed by atoms with Gasteiger partial charge in [-0.15, -0.1) is 0 Å². The Kier molecular flexibility index (Phi) is 6.25. The van der Waals surface area contributed by atoms with E-state index in [1.54, 1.807) is 0 Å². The molecule has 1 aromatic rings. The van der Waals surface area contributed by atoms with Crippen LogP contribution >= 0.6 is 0 Å². The van der Waals surface area contributed by atoms with Crippen molar-refractivity contribution in [3.63, 3.8) is 0 Å². The zero-order valence-electron chi connectivity index (χ0n) is 12.7. The molecular formula is C18H27NO. The summed E-state index contributed by atoms with van der Waals surface area (Å²) in [5.74, 6) is 1.16. The fourth-order valence-electron chi connectivity index (χ4n) is 3.18. The lowest BCUT2D eigenvalue weighted by atomic mass is 9.89. The van der Waals surface area contributed by atoms with E-state index < -0.39 is 0 Å². The summed E-state index contributed by atoms with van der Waals surface area (Å²) in [6.07, 6.45) is 8.67. The van der Waals surface area contributed by atoms with Gasteiger partial charge in [0.2, 0.25) is 0 Å². The molecule has 0 aliphatic heterocycles. The molecular weight excluding hydrogens is 246 g/mol. The summed E-state index contributed by atoms with van der Waals surface area (Å²) < 4.78 is 0. The van der Waals surface area contributed by atoms with Crippen LogP contribution in [0.4, 0.5) is 0 Å². The lowest BCUT2D eigenvalue weighted by Gasteiger charge is -2.26. The summed E-state index contributed by atoms with van der Waals surface area (Å²) in [6.45, 7) is 2.24. The van der Waals surface area contributed by atoms with Crippen molar-refractivity contribution in [3.05, 3.63) is 35.9 Å². The van der Waals surface area contributed by atoms with E-state index in [4.69, 9.17) is 0 Å². The Morgan fingerprint density at radius 2 is 1.85 bits per heavy atom. The van der Waals surface area contributed by atoms with Crippen LogP contribution in [0.3, 0.4) is 0 Å². The molecule has 0 atom stereocenters. The first-order valence-electron chi connectivity index (χ1n) is 8.02. The van der Waals surface area contributed by atoms with Crippen molar-refractivity contribution in [2.24, 2.45) is 5.92 Å². The second-order valence-corrected chi connectivity index (χ2v) is 6.16. The van der Waals surface area contributed by atoms with Crippen LogP contribution in [0.2, 0.25) is 0 Å². The minimum Gasteiger partial charge on any atom is -0.306 e. The zero-order valence-corrected chi connectivity index (χ0v) is 12.7. The van der Waals surface area contributed by atoms with Gasteiger partial charge < -0.3 is 4.90 Å². The van der Waals surface area contributed by atoms with Crippen molar-refractivity contribution < 1.29 is 4.79 Å². The van der Waals surface area contributed by atoms with Crippen LogP contribution in [-0.4, -0.2) is 30.8 Å². The van der Waals surface area contributed by atoms with Crippen LogP contribution in [0.25, 0.3) is 0 Å². The van der Waals surface area contributed by atoms with Crippen molar-refractivity contribution in [1.82, 2.24) is 4.90 Å². The maximum atomic E-state index is 12.0. The first kappa shape index (κ1) is 15.2. The number of ketones is 1. The SMILES string of the molecule is CN(CCCC(=O)c1ccccc1)CC1CCCCC1. The Morgan fingerprint density at radius 1 is 1.15 bits per heavy atom. The smallest absolute Gasteiger partial charge is 0.162 e. The number of hydrogen-bond donors (Lipinski definition) is 0. The minimum atomic E-state index is 0.275. The van der Waals surface area contributed by atoms with Gasteiger partial charge >= 0.3 is 0 Å². The van der Waals surface area contributed by atoms with Crippen LogP contribution in [0.5, 0.6) is 0 Å². The molecule has 2 heteroatoms. The standard InChI is InChI=1S/C18H27NO/c1-19(15-16-9-4-2-5-10-16)14-8-13-18(20)17-11-6-3-7-12-17/h3,6-7,11-12,16H,2,4-5,8-10,13-15H2,1H3. The highest BCUT2D eigenvalue weighted by Crippen LogP contribution is 2.24. The number of carbonyl (C=O) groups is 1. The number of benzene rings is 1. The van der Waals surface area contributed by atoms with Crippen molar-refractivity contribution >= 4 is 5.78 Å². The van der Waals surface area contributed by atoms with E-state index in [0.29, 0.717) is 6.42 Å². The molecule has 1 saturated carbocycles. The second-order valence-electron chi connectivity index (χ2n) is 6.16. The molecule has 0 aromatic heterocycles. The van der Waals surface area contributed by atoms with Gasteiger partial charge in [-0.2, -0.15) is 0 Å². The monoisotopic (exact) mass is 273 g/mol. The molecule has 20 heavy (non-hydrogen) atoms. The summed E-state index contributed by atoms with van der Waals surface area (Å²) in [5, 5.41) is 0. The molecule has 1 aliphatic rings. The van der Waals surface area contributed by atoms with Gasteiger partial charge in [0.1, 0.15) is 0 Å². The second kappa shape index (κ2) is 8.21. The first-order chi connectivity index (χ1) is 9.75. The summed E-state index contributed by atoms with van der Waals surface area (Å²) in [5.41, 5.74) is 0.849. The van der Waals surface area contributed by atoms with E-state index in [0.717, 1.165) is 24.4 Å². The Hall–Kier alpha value is -1.15. The largest absolute Gasteiger partial charge is 0.306 e. The van der Waals surface area contributed by atoms with Crippen molar-refractivity contribution in [2.75, 3.05) is 20.1 Å². The molecule has 2 rings (SSSR count). The molecule has 2 nitrogen and oxygen atoms in total. The summed E-state index contributed by atoms with van der Waals surface area (Å²) in [7, 11) is 2.20. The van der Waals surface area contributed by atoms with E-state index in [2.05, 4.69) is 11.9 Å². The molecule has 0 bridgehead atoms. The van der Waals surface area contributed by atoms with Gasteiger partial charge in [0.05, 0.1) is 0 Å². The number of nitrogens with zero attached hydrogens (tertiary/aromatic N) is 1. The summed E-state index contributed by atoms with van der Waals surface area (Å²) in [6, 6.07) is 9.64. The molecule has 1 fully saturated rings. The predicted octanol–water partition coefficient (Wildman–Crippen LogP) is 4.16. The lowest BCUT2D eigenvalue weighted by Crippen LogP contribution is -2.28. The van der Waals surface area contributed by atoms with Gasteiger partial charge in [0.25, 0.3) is 0 Å². The molecule has 0 radical (unpaired) electrons. The van der Waals surface area contributed by atoms with Crippen LogP contribution in [0.1, 0.15) is 55.3 Å². The molecule has 0 saturated heterocycles. The third-order valence-electron chi connectivity index (χ3n) is 4.33. The number of hydrogen-bond acceptors (Lipinski definition) is 2. The number of Topliss-reactive ketones (excluding diaryl/α,β-unsaturated/α-hetero) is 1. The fourth-order valence-corrected chi connectivity index (χ4v) is 3.18. The minimum absolute atomic E-state index is 0.275. The third-order valence-corrected chi connectivity index (χ3v) is 4.33. The predicted molar refractivity (Wildman–Crippen MR) is 84.1 cm³/mol. The molecule has 0 amide bonds. The molecule has 110 valence electrons. The van der Waals surface area contributed by atoms with Gasteiger partial charge in [-0.1, -0.05) is 49.6 Å². The van der Waals surface area contributed by atoms with Gasteiger partial charge in [-0.25, -0.2) is 0 Å². The average molecular weight is 273 g/mol. The van der Waals surface area contributed by atoms with Crippen molar-refractivity contribution in [1.29, 1.82) is 0 Å². The lowest BCUT2D eigenvalue weighted by molar-refractivity contribution is 0.0975.